The summed E-state index contributed by atoms with van der Waals surface area (Å²) in [6.45, 7) is 2.90. The van der Waals surface area contributed by atoms with Gasteiger partial charge in [0.15, 0.2) is 0 Å². The fourth-order valence-corrected chi connectivity index (χ4v) is 2.42. The average molecular weight is 266 g/mol. The molecule has 4 heteroatoms. The summed E-state index contributed by atoms with van der Waals surface area (Å²) in [5.74, 6) is -1.05. The van der Waals surface area contributed by atoms with Crippen LogP contribution in [0.5, 0.6) is 0 Å². The van der Waals surface area contributed by atoms with Crippen molar-refractivity contribution >= 4 is 6.08 Å². The molecule has 1 atom stereocenters. The van der Waals surface area contributed by atoms with E-state index in [9.17, 15) is 8.78 Å². The third-order valence-corrected chi connectivity index (χ3v) is 3.54. The summed E-state index contributed by atoms with van der Waals surface area (Å²) in [6, 6.07) is 4.20. The van der Waals surface area contributed by atoms with E-state index in [-0.39, 0.29) is 0 Å². The van der Waals surface area contributed by atoms with Crippen LogP contribution in [0.2, 0.25) is 0 Å². The van der Waals surface area contributed by atoms with Gasteiger partial charge in [-0.3, -0.25) is 4.90 Å². The quantitative estimate of drug-likeness (QED) is 0.901. The van der Waals surface area contributed by atoms with Gasteiger partial charge in [-0.1, -0.05) is 12.2 Å². The second-order valence-electron chi connectivity index (χ2n) is 4.96. The van der Waals surface area contributed by atoms with E-state index in [1.54, 1.807) is 6.08 Å². The molecule has 1 fully saturated rings. The van der Waals surface area contributed by atoms with E-state index in [2.05, 4.69) is 10.2 Å². The Morgan fingerprint density at radius 1 is 1.42 bits per heavy atom. The lowest BCUT2D eigenvalue weighted by atomic mass is 10.1. The van der Waals surface area contributed by atoms with E-state index in [4.69, 9.17) is 0 Å². The van der Waals surface area contributed by atoms with E-state index in [0.717, 1.165) is 25.7 Å². The highest BCUT2D eigenvalue weighted by Crippen LogP contribution is 2.12. The predicted molar refractivity (Wildman–Crippen MR) is 73.9 cm³/mol. The van der Waals surface area contributed by atoms with Crippen LogP contribution in [0.4, 0.5) is 8.78 Å². The first-order valence-corrected chi connectivity index (χ1v) is 6.70. The number of rotatable bonds is 4. The lowest BCUT2D eigenvalue weighted by molar-refractivity contribution is 0.213. The van der Waals surface area contributed by atoms with Gasteiger partial charge in [0.05, 0.1) is 0 Å². The summed E-state index contributed by atoms with van der Waals surface area (Å²) in [4.78, 5) is 2.34. The van der Waals surface area contributed by atoms with E-state index in [0.29, 0.717) is 11.6 Å². The van der Waals surface area contributed by atoms with E-state index in [1.165, 1.54) is 25.0 Å². The minimum absolute atomic E-state index is 0.434. The molecule has 19 heavy (non-hydrogen) atoms. The highest BCUT2D eigenvalue weighted by atomic mass is 19.1. The smallest absolute Gasteiger partial charge is 0.133 e. The molecular formula is C15H20F2N2. The first kappa shape index (κ1) is 14.2. The lowest BCUT2D eigenvalue weighted by Crippen LogP contribution is -2.44. The maximum absolute atomic E-state index is 13.4. The van der Waals surface area contributed by atoms with Gasteiger partial charge < -0.3 is 5.32 Å². The number of halogens is 2. The van der Waals surface area contributed by atoms with Gasteiger partial charge >= 0.3 is 0 Å². The molecule has 1 heterocycles. The summed E-state index contributed by atoms with van der Waals surface area (Å²) >= 11 is 0. The van der Waals surface area contributed by atoms with Crippen molar-refractivity contribution in [1.82, 2.24) is 10.2 Å². The Morgan fingerprint density at radius 3 is 3.00 bits per heavy atom. The van der Waals surface area contributed by atoms with Crippen LogP contribution in [0, 0.1) is 11.6 Å². The van der Waals surface area contributed by atoms with Crippen LogP contribution >= 0.6 is 0 Å². The van der Waals surface area contributed by atoms with Crippen molar-refractivity contribution < 1.29 is 8.78 Å². The largest absolute Gasteiger partial charge is 0.316 e. The summed E-state index contributed by atoms with van der Waals surface area (Å²) < 4.78 is 26.2. The Labute approximate surface area is 113 Å². The van der Waals surface area contributed by atoms with Gasteiger partial charge in [0.1, 0.15) is 11.6 Å². The molecule has 0 radical (unpaired) electrons. The highest BCUT2D eigenvalue weighted by molar-refractivity contribution is 5.49. The fraction of sp³-hybridized carbons (Fsp3) is 0.467. The van der Waals surface area contributed by atoms with Gasteiger partial charge in [-0.05, 0) is 38.6 Å². The molecule has 1 aromatic carbocycles. The number of likely N-dealkylation sites (tertiary alicyclic amines) is 1. The molecular weight excluding hydrogens is 246 g/mol. The molecule has 2 nitrogen and oxygen atoms in total. The molecule has 0 bridgehead atoms. The van der Waals surface area contributed by atoms with Crippen molar-refractivity contribution in [2.75, 3.05) is 26.7 Å². The van der Waals surface area contributed by atoms with Gasteiger partial charge in [-0.25, -0.2) is 8.78 Å². The normalized spacial score (nSPS) is 21.1. The van der Waals surface area contributed by atoms with Crippen molar-refractivity contribution in [3.8, 4) is 0 Å². The molecule has 1 saturated heterocycles. The van der Waals surface area contributed by atoms with Crippen LogP contribution in [0.1, 0.15) is 18.4 Å². The lowest BCUT2D eigenvalue weighted by Gasteiger charge is -2.31. The Bertz CT molecular complexity index is 446. The van der Waals surface area contributed by atoms with E-state index in [1.807, 2.05) is 13.1 Å². The fourth-order valence-electron chi connectivity index (χ4n) is 2.42. The van der Waals surface area contributed by atoms with Gasteiger partial charge in [-0.2, -0.15) is 0 Å². The third-order valence-electron chi connectivity index (χ3n) is 3.54. The van der Waals surface area contributed by atoms with Crippen molar-refractivity contribution in [3.05, 3.63) is 41.5 Å². The summed E-state index contributed by atoms with van der Waals surface area (Å²) in [7, 11) is 1.98. The standard InChI is InChI=1S/C15H20F2N2/c1-18-14-5-3-9-19(11-14)8-2-4-12-6-7-13(16)10-15(12)17/h2,4,6-7,10,14,18H,3,5,8-9,11H2,1H3/b4-2+. The maximum atomic E-state index is 13.4. The van der Waals surface area contributed by atoms with Crippen molar-refractivity contribution in [2.24, 2.45) is 0 Å². The summed E-state index contributed by atoms with van der Waals surface area (Å²) in [6.07, 6.45) is 6.06. The molecule has 1 aliphatic rings. The molecule has 1 N–H and O–H groups in total. The Kier molecular flexibility index (Phi) is 5.05. The molecule has 104 valence electrons. The number of nitrogens with one attached hydrogen (secondary N) is 1. The number of hydrogen-bond acceptors (Lipinski definition) is 2. The zero-order valence-corrected chi connectivity index (χ0v) is 11.2. The molecule has 0 amide bonds. The molecule has 1 unspecified atom stereocenters. The number of likely N-dealkylation sites (N-methyl/N-ethyl adjacent to an activating group) is 1. The average Bonchev–Trinajstić information content (AvgIpc) is 2.41. The number of piperidine rings is 1. The SMILES string of the molecule is CNC1CCCN(C/C=C/c2ccc(F)cc2F)C1. The van der Waals surface area contributed by atoms with Crippen LogP contribution in [-0.2, 0) is 0 Å². The predicted octanol–water partition coefficient (Wildman–Crippen LogP) is 2.66. The highest BCUT2D eigenvalue weighted by Gasteiger charge is 2.16. The second-order valence-corrected chi connectivity index (χ2v) is 4.96. The van der Waals surface area contributed by atoms with Crippen LogP contribution in [0.25, 0.3) is 6.08 Å². The number of nitrogens with zero attached hydrogens (tertiary/aromatic N) is 1. The Hall–Kier alpha value is -1.26. The first-order chi connectivity index (χ1) is 9.19. The molecule has 2 rings (SSSR count). The molecule has 0 aliphatic carbocycles. The minimum Gasteiger partial charge on any atom is -0.316 e. The van der Waals surface area contributed by atoms with Gasteiger partial charge in [0, 0.05) is 30.8 Å². The molecule has 1 aliphatic heterocycles. The van der Waals surface area contributed by atoms with E-state index < -0.39 is 11.6 Å². The second kappa shape index (κ2) is 6.78. The van der Waals surface area contributed by atoms with Crippen LogP contribution in [0.3, 0.4) is 0 Å². The monoisotopic (exact) mass is 266 g/mol. The zero-order chi connectivity index (χ0) is 13.7. The molecule has 1 aromatic rings. The van der Waals surface area contributed by atoms with E-state index >= 15 is 0 Å². The number of benzene rings is 1. The van der Waals surface area contributed by atoms with Crippen LogP contribution in [-0.4, -0.2) is 37.6 Å². The Morgan fingerprint density at radius 2 is 2.26 bits per heavy atom. The van der Waals surface area contributed by atoms with Crippen LogP contribution < -0.4 is 5.32 Å². The zero-order valence-electron chi connectivity index (χ0n) is 11.2. The minimum atomic E-state index is -0.539. The number of hydrogen-bond donors (Lipinski definition) is 1. The summed E-state index contributed by atoms with van der Waals surface area (Å²) in [5.41, 5.74) is 0.434. The maximum Gasteiger partial charge on any atom is 0.133 e. The van der Waals surface area contributed by atoms with Crippen LogP contribution in [0.15, 0.2) is 24.3 Å². The van der Waals surface area contributed by atoms with Gasteiger partial charge in [0.2, 0.25) is 0 Å². The Balaban J connectivity index is 1.89. The van der Waals surface area contributed by atoms with Crippen molar-refractivity contribution in [2.45, 2.75) is 18.9 Å². The molecule has 0 saturated carbocycles. The third kappa shape index (κ3) is 4.11. The van der Waals surface area contributed by atoms with Gasteiger partial charge in [0.25, 0.3) is 0 Å². The van der Waals surface area contributed by atoms with Gasteiger partial charge in [-0.15, -0.1) is 0 Å². The summed E-state index contributed by atoms with van der Waals surface area (Å²) in [5, 5.41) is 3.29. The molecule has 0 aromatic heterocycles. The van der Waals surface area contributed by atoms with Crippen molar-refractivity contribution in [3.63, 3.8) is 0 Å². The first-order valence-electron chi connectivity index (χ1n) is 6.70. The topological polar surface area (TPSA) is 15.3 Å². The van der Waals surface area contributed by atoms with Crippen molar-refractivity contribution in [1.29, 1.82) is 0 Å². The molecule has 0 spiro atoms.